The molecule has 1 heterocycles. The Bertz CT molecular complexity index is 825. The molecule has 7 heteroatoms. The fraction of sp³-hybridized carbons (Fsp3) is 0.263. The highest BCUT2D eigenvalue weighted by atomic mass is 32.2. The molecule has 26 heavy (non-hydrogen) atoms. The maximum Gasteiger partial charge on any atom is 0.342 e. The van der Waals surface area contributed by atoms with Gasteiger partial charge >= 0.3 is 5.97 Å². The van der Waals surface area contributed by atoms with Crippen LogP contribution in [0.1, 0.15) is 10.4 Å². The van der Waals surface area contributed by atoms with Crippen LogP contribution in [-0.2, 0) is 9.53 Å². The standard InChI is InChI=1S/C19H19NO4S2/c1-23-16-11-13(25-2)7-8-14(16)19(22)24-12-18(21)20-9-10-26-17-6-4-3-5-15(17)20/h3-8,11H,9-10,12H2,1-2H3. The van der Waals surface area contributed by atoms with Crippen molar-refractivity contribution in [1.82, 2.24) is 0 Å². The zero-order chi connectivity index (χ0) is 18.5. The number of methoxy groups -OCH3 is 1. The maximum atomic E-state index is 12.6. The molecule has 5 nitrogen and oxygen atoms in total. The van der Waals surface area contributed by atoms with E-state index < -0.39 is 5.97 Å². The van der Waals surface area contributed by atoms with E-state index in [1.165, 1.54) is 7.11 Å². The molecule has 1 aliphatic heterocycles. The largest absolute Gasteiger partial charge is 0.496 e. The number of nitrogens with zero attached hydrogens (tertiary/aromatic N) is 1. The number of esters is 1. The summed E-state index contributed by atoms with van der Waals surface area (Å²) in [4.78, 5) is 28.6. The van der Waals surface area contributed by atoms with Gasteiger partial charge in [0.15, 0.2) is 6.61 Å². The average Bonchev–Trinajstić information content (AvgIpc) is 2.70. The summed E-state index contributed by atoms with van der Waals surface area (Å²) >= 11 is 3.27. The van der Waals surface area contributed by atoms with Crippen LogP contribution in [0, 0.1) is 0 Å². The number of ether oxygens (including phenoxy) is 2. The summed E-state index contributed by atoms with van der Waals surface area (Å²) in [6.07, 6.45) is 1.94. The SMILES string of the molecule is COc1cc(SC)ccc1C(=O)OCC(=O)N1CCSc2ccccc21. The number of rotatable bonds is 5. The van der Waals surface area contributed by atoms with E-state index in [2.05, 4.69) is 0 Å². The summed E-state index contributed by atoms with van der Waals surface area (Å²) in [5.41, 5.74) is 1.18. The molecule has 0 aliphatic carbocycles. The van der Waals surface area contributed by atoms with E-state index in [0.717, 1.165) is 21.2 Å². The number of para-hydroxylation sites is 1. The van der Waals surface area contributed by atoms with Crippen molar-refractivity contribution in [1.29, 1.82) is 0 Å². The molecule has 0 spiro atoms. The fourth-order valence-corrected chi connectivity index (χ4v) is 4.10. The Balaban J connectivity index is 1.68. The van der Waals surface area contributed by atoms with Gasteiger partial charge in [-0.15, -0.1) is 23.5 Å². The first-order chi connectivity index (χ1) is 12.6. The smallest absolute Gasteiger partial charge is 0.342 e. The molecule has 0 atom stereocenters. The van der Waals surface area contributed by atoms with Gasteiger partial charge in [0.05, 0.1) is 12.8 Å². The van der Waals surface area contributed by atoms with E-state index in [4.69, 9.17) is 9.47 Å². The van der Waals surface area contributed by atoms with Crippen molar-refractivity contribution in [3.8, 4) is 5.75 Å². The Morgan fingerprint density at radius 2 is 2.04 bits per heavy atom. The highest BCUT2D eigenvalue weighted by Crippen LogP contribution is 2.34. The molecule has 0 unspecified atom stereocenters. The average molecular weight is 389 g/mol. The number of benzene rings is 2. The Kier molecular flexibility index (Phi) is 6.11. The molecule has 0 bridgehead atoms. The second-order valence-electron chi connectivity index (χ2n) is 5.50. The summed E-state index contributed by atoms with van der Waals surface area (Å²) in [5.74, 6) is 0.461. The molecule has 3 rings (SSSR count). The zero-order valence-electron chi connectivity index (χ0n) is 14.6. The number of fused-ring (bicyclic) bond motifs is 1. The van der Waals surface area contributed by atoms with E-state index in [9.17, 15) is 9.59 Å². The topological polar surface area (TPSA) is 55.8 Å². The van der Waals surface area contributed by atoms with Crippen LogP contribution in [0.25, 0.3) is 0 Å². The number of anilines is 1. The second kappa shape index (κ2) is 8.51. The molecule has 0 radical (unpaired) electrons. The molecule has 0 saturated heterocycles. The van der Waals surface area contributed by atoms with Crippen molar-refractivity contribution in [2.45, 2.75) is 9.79 Å². The number of thioether (sulfide) groups is 2. The van der Waals surface area contributed by atoms with Crippen molar-refractivity contribution < 1.29 is 19.1 Å². The monoisotopic (exact) mass is 389 g/mol. The molecule has 1 aliphatic rings. The molecule has 0 aromatic heterocycles. The number of hydrogen-bond acceptors (Lipinski definition) is 6. The first-order valence-corrected chi connectivity index (χ1v) is 10.3. The van der Waals surface area contributed by atoms with Gasteiger partial charge in [0.25, 0.3) is 5.91 Å². The molecule has 136 valence electrons. The Labute approximate surface area is 161 Å². The van der Waals surface area contributed by atoms with Gasteiger partial charge in [-0.2, -0.15) is 0 Å². The highest BCUT2D eigenvalue weighted by Gasteiger charge is 2.24. The number of hydrogen-bond donors (Lipinski definition) is 0. The number of amides is 1. The zero-order valence-corrected chi connectivity index (χ0v) is 16.2. The van der Waals surface area contributed by atoms with Crippen LogP contribution >= 0.6 is 23.5 Å². The molecular formula is C19H19NO4S2. The van der Waals surface area contributed by atoms with E-state index in [0.29, 0.717) is 17.9 Å². The van der Waals surface area contributed by atoms with Crippen LogP contribution in [-0.4, -0.2) is 44.1 Å². The quantitative estimate of drug-likeness (QED) is 0.574. The molecule has 1 amide bonds. The van der Waals surface area contributed by atoms with E-state index in [1.807, 2.05) is 36.6 Å². The van der Waals surface area contributed by atoms with Crippen LogP contribution in [0.3, 0.4) is 0 Å². The van der Waals surface area contributed by atoms with Gasteiger partial charge in [0, 0.05) is 22.1 Å². The van der Waals surface area contributed by atoms with E-state index >= 15 is 0 Å². The molecule has 2 aromatic carbocycles. The Hall–Kier alpha value is -2.12. The van der Waals surface area contributed by atoms with Gasteiger partial charge in [-0.1, -0.05) is 12.1 Å². The summed E-state index contributed by atoms with van der Waals surface area (Å²) in [7, 11) is 1.50. The second-order valence-corrected chi connectivity index (χ2v) is 7.52. The van der Waals surface area contributed by atoms with Gasteiger partial charge in [-0.25, -0.2) is 4.79 Å². The molecular weight excluding hydrogens is 370 g/mol. The molecule has 0 fully saturated rings. The predicted molar refractivity (Wildman–Crippen MR) is 105 cm³/mol. The van der Waals surface area contributed by atoms with Crippen LogP contribution in [0.15, 0.2) is 52.3 Å². The van der Waals surface area contributed by atoms with Gasteiger partial charge < -0.3 is 14.4 Å². The first kappa shape index (κ1) is 18.7. The Morgan fingerprint density at radius 3 is 2.81 bits per heavy atom. The van der Waals surface area contributed by atoms with Crippen LogP contribution in [0.4, 0.5) is 5.69 Å². The minimum Gasteiger partial charge on any atom is -0.496 e. The number of carbonyl (C=O) groups is 2. The molecule has 0 saturated carbocycles. The summed E-state index contributed by atoms with van der Waals surface area (Å²) in [6.45, 7) is 0.301. The highest BCUT2D eigenvalue weighted by molar-refractivity contribution is 7.99. The lowest BCUT2D eigenvalue weighted by molar-refractivity contribution is -0.121. The van der Waals surface area contributed by atoms with Gasteiger partial charge in [0.1, 0.15) is 11.3 Å². The summed E-state index contributed by atoms with van der Waals surface area (Å²) in [5, 5.41) is 0. The van der Waals surface area contributed by atoms with Crippen molar-refractivity contribution in [2.24, 2.45) is 0 Å². The third kappa shape index (κ3) is 3.99. The van der Waals surface area contributed by atoms with Crippen molar-refractivity contribution in [2.75, 3.05) is 37.2 Å². The third-order valence-electron chi connectivity index (χ3n) is 3.98. The third-order valence-corrected chi connectivity index (χ3v) is 5.75. The predicted octanol–water partition coefficient (Wildman–Crippen LogP) is 3.71. The maximum absolute atomic E-state index is 12.6. The van der Waals surface area contributed by atoms with Gasteiger partial charge in [0.2, 0.25) is 0 Å². The Morgan fingerprint density at radius 1 is 1.23 bits per heavy atom. The number of carbonyl (C=O) groups excluding carboxylic acids is 2. The van der Waals surface area contributed by atoms with Crippen molar-refractivity contribution in [3.05, 3.63) is 48.0 Å². The molecule has 2 aromatic rings. The van der Waals surface area contributed by atoms with Crippen LogP contribution < -0.4 is 9.64 Å². The fourth-order valence-electron chi connectivity index (χ4n) is 2.68. The molecule has 0 N–H and O–H groups in total. The van der Waals surface area contributed by atoms with Crippen LogP contribution in [0.5, 0.6) is 5.75 Å². The van der Waals surface area contributed by atoms with Crippen molar-refractivity contribution in [3.63, 3.8) is 0 Å². The summed E-state index contributed by atoms with van der Waals surface area (Å²) < 4.78 is 10.5. The first-order valence-electron chi connectivity index (χ1n) is 8.05. The minimum atomic E-state index is -0.567. The normalized spacial score (nSPS) is 13.1. The lowest BCUT2D eigenvalue weighted by atomic mass is 10.2. The van der Waals surface area contributed by atoms with Gasteiger partial charge in [-0.05, 0) is 36.6 Å². The van der Waals surface area contributed by atoms with E-state index in [-0.39, 0.29) is 12.5 Å². The van der Waals surface area contributed by atoms with Crippen LogP contribution in [0.2, 0.25) is 0 Å². The lowest BCUT2D eigenvalue weighted by Gasteiger charge is -2.28. The van der Waals surface area contributed by atoms with Gasteiger partial charge in [-0.3, -0.25) is 4.79 Å². The summed E-state index contributed by atoms with van der Waals surface area (Å²) in [6, 6.07) is 13.0. The minimum absolute atomic E-state index is 0.231. The van der Waals surface area contributed by atoms with Crippen molar-refractivity contribution >= 4 is 41.1 Å². The van der Waals surface area contributed by atoms with E-state index in [1.54, 1.807) is 40.6 Å². The lowest BCUT2D eigenvalue weighted by Crippen LogP contribution is -2.38.